The third kappa shape index (κ3) is 4.08. The van der Waals surface area contributed by atoms with Crippen LogP contribution in [0.25, 0.3) is 0 Å². The van der Waals surface area contributed by atoms with Crippen molar-refractivity contribution in [3.63, 3.8) is 0 Å². The second-order valence-corrected chi connectivity index (χ2v) is 3.36. The lowest BCUT2D eigenvalue weighted by molar-refractivity contribution is -0.118. The minimum absolute atomic E-state index is 0.173. The molecule has 4 heteroatoms. The number of carbonyl (C=O) groups is 1. The number of methoxy groups -OCH3 is 1. The Balaban J connectivity index is 2.41. The summed E-state index contributed by atoms with van der Waals surface area (Å²) < 4.78 is 4.88. The van der Waals surface area contributed by atoms with Gasteiger partial charge in [0.15, 0.2) is 0 Å². The largest absolute Gasteiger partial charge is 0.385 e. The summed E-state index contributed by atoms with van der Waals surface area (Å²) in [6, 6.07) is 3.62. The van der Waals surface area contributed by atoms with E-state index in [1.54, 1.807) is 19.4 Å². The van der Waals surface area contributed by atoms with Gasteiger partial charge in [-0.25, -0.2) is 4.98 Å². The zero-order valence-corrected chi connectivity index (χ0v) is 8.90. The number of aromatic nitrogens is 1. The fourth-order valence-corrected chi connectivity index (χ4v) is 1.31. The summed E-state index contributed by atoms with van der Waals surface area (Å²) in [4.78, 5) is 15.4. The van der Waals surface area contributed by atoms with Crippen molar-refractivity contribution >= 4 is 11.6 Å². The Hall–Kier alpha value is -1.42. The van der Waals surface area contributed by atoms with Crippen molar-refractivity contribution in [2.24, 2.45) is 0 Å². The molecular weight excluding hydrogens is 192 g/mol. The van der Waals surface area contributed by atoms with Crippen molar-refractivity contribution in [2.45, 2.75) is 19.3 Å². The number of ether oxygens (including phenoxy) is 1. The van der Waals surface area contributed by atoms with E-state index in [0.29, 0.717) is 25.3 Å². The lowest BCUT2D eigenvalue weighted by atomic mass is 10.1. The highest BCUT2D eigenvalue weighted by Crippen LogP contribution is 2.09. The van der Waals surface area contributed by atoms with Gasteiger partial charge in [0.2, 0.25) is 0 Å². The number of nitrogen functional groups attached to an aromatic ring is 1. The van der Waals surface area contributed by atoms with Crippen LogP contribution < -0.4 is 5.73 Å². The van der Waals surface area contributed by atoms with Gasteiger partial charge in [-0.2, -0.15) is 0 Å². The van der Waals surface area contributed by atoms with Crippen LogP contribution in [0.4, 0.5) is 5.82 Å². The number of nitrogens with zero attached hydrogens (tertiary/aromatic N) is 1. The van der Waals surface area contributed by atoms with Crippen LogP contribution in [-0.2, 0) is 16.0 Å². The molecule has 1 heterocycles. The Labute approximate surface area is 89.5 Å². The summed E-state index contributed by atoms with van der Waals surface area (Å²) in [6.45, 7) is 0.619. The molecule has 2 N–H and O–H groups in total. The molecule has 4 nitrogen and oxygen atoms in total. The number of anilines is 1. The molecular formula is C11H16N2O2. The number of hydrogen-bond donors (Lipinski definition) is 1. The first kappa shape index (κ1) is 11.7. The fourth-order valence-electron chi connectivity index (χ4n) is 1.31. The van der Waals surface area contributed by atoms with Crippen LogP contribution in [-0.4, -0.2) is 24.5 Å². The second kappa shape index (κ2) is 6.14. The maximum atomic E-state index is 11.5. The van der Waals surface area contributed by atoms with E-state index < -0.39 is 0 Å². The summed E-state index contributed by atoms with van der Waals surface area (Å²) in [6.07, 6.45) is 3.27. The van der Waals surface area contributed by atoms with E-state index >= 15 is 0 Å². The van der Waals surface area contributed by atoms with Crippen LogP contribution in [0.1, 0.15) is 18.4 Å². The number of hydrogen-bond acceptors (Lipinski definition) is 4. The van der Waals surface area contributed by atoms with Crippen LogP contribution in [0.3, 0.4) is 0 Å². The zero-order valence-electron chi connectivity index (χ0n) is 8.90. The predicted molar refractivity (Wildman–Crippen MR) is 58.5 cm³/mol. The van der Waals surface area contributed by atoms with Gasteiger partial charge in [-0.3, -0.25) is 4.79 Å². The molecule has 0 bridgehead atoms. The number of carbonyl (C=O) groups excluding carboxylic acids is 1. The molecule has 1 aromatic rings. The van der Waals surface area contributed by atoms with Crippen LogP contribution in [0.5, 0.6) is 0 Å². The summed E-state index contributed by atoms with van der Waals surface area (Å²) >= 11 is 0. The molecule has 1 rings (SSSR count). The number of ketones is 1. The predicted octanol–water partition coefficient (Wildman–Crippen LogP) is 1.20. The van der Waals surface area contributed by atoms with Crippen molar-refractivity contribution in [2.75, 3.05) is 19.5 Å². The van der Waals surface area contributed by atoms with E-state index in [1.165, 1.54) is 0 Å². The highest BCUT2D eigenvalue weighted by atomic mass is 16.5. The van der Waals surface area contributed by atoms with Crippen molar-refractivity contribution in [3.05, 3.63) is 23.9 Å². The Bertz CT molecular complexity index is 326. The maximum Gasteiger partial charge on any atom is 0.137 e. The van der Waals surface area contributed by atoms with Crippen LogP contribution in [0.2, 0.25) is 0 Å². The van der Waals surface area contributed by atoms with Crippen molar-refractivity contribution < 1.29 is 9.53 Å². The molecule has 0 aliphatic heterocycles. The minimum Gasteiger partial charge on any atom is -0.385 e. The van der Waals surface area contributed by atoms with E-state index in [1.807, 2.05) is 6.07 Å². The summed E-state index contributed by atoms with van der Waals surface area (Å²) in [5.41, 5.74) is 6.44. The Morgan fingerprint density at radius 3 is 3.07 bits per heavy atom. The fraction of sp³-hybridized carbons (Fsp3) is 0.455. The highest BCUT2D eigenvalue weighted by Gasteiger charge is 2.06. The zero-order chi connectivity index (χ0) is 11.1. The highest BCUT2D eigenvalue weighted by molar-refractivity contribution is 5.81. The van der Waals surface area contributed by atoms with Gasteiger partial charge in [0.05, 0.1) is 0 Å². The van der Waals surface area contributed by atoms with Crippen molar-refractivity contribution in [1.29, 1.82) is 0 Å². The number of Topliss-reactive ketones (excluding diaryl/α,β-unsaturated/α-hetero) is 1. The van der Waals surface area contributed by atoms with Crippen LogP contribution in [0.15, 0.2) is 18.3 Å². The van der Waals surface area contributed by atoms with Gasteiger partial charge in [-0.05, 0) is 12.5 Å². The van der Waals surface area contributed by atoms with Gasteiger partial charge in [-0.15, -0.1) is 0 Å². The molecule has 0 aliphatic rings. The lowest BCUT2D eigenvalue weighted by Crippen LogP contribution is -2.07. The average Bonchev–Trinajstić information content (AvgIpc) is 2.22. The molecule has 0 spiro atoms. The van der Waals surface area contributed by atoms with Gasteiger partial charge in [-0.1, -0.05) is 6.07 Å². The average molecular weight is 208 g/mol. The van der Waals surface area contributed by atoms with Crippen molar-refractivity contribution in [3.8, 4) is 0 Å². The van der Waals surface area contributed by atoms with Gasteiger partial charge >= 0.3 is 0 Å². The SMILES string of the molecule is COCCCC(=O)Cc1cccnc1N. The first-order chi connectivity index (χ1) is 7.24. The first-order valence-corrected chi connectivity index (χ1v) is 4.94. The molecule has 0 saturated heterocycles. The van der Waals surface area contributed by atoms with E-state index in [4.69, 9.17) is 10.5 Å². The van der Waals surface area contributed by atoms with E-state index in [2.05, 4.69) is 4.98 Å². The molecule has 0 atom stereocenters. The molecule has 15 heavy (non-hydrogen) atoms. The van der Waals surface area contributed by atoms with Crippen LogP contribution in [0, 0.1) is 0 Å². The normalized spacial score (nSPS) is 10.2. The van der Waals surface area contributed by atoms with Crippen molar-refractivity contribution in [1.82, 2.24) is 4.98 Å². The molecule has 0 aliphatic carbocycles. The third-order valence-electron chi connectivity index (χ3n) is 2.12. The Kier molecular flexibility index (Phi) is 4.77. The molecule has 0 saturated carbocycles. The van der Waals surface area contributed by atoms with E-state index in [9.17, 15) is 4.79 Å². The standard InChI is InChI=1S/C11H16N2O2/c1-15-7-3-5-10(14)8-9-4-2-6-13-11(9)12/h2,4,6H,3,5,7-8H2,1H3,(H2,12,13). The van der Waals surface area contributed by atoms with Gasteiger partial charge < -0.3 is 10.5 Å². The van der Waals surface area contributed by atoms with Gasteiger partial charge in [0.25, 0.3) is 0 Å². The molecule has 82 valence electrons. The smallest absolute Gasteiger partial charge is 0.137 e. The molecule has 0 radical (unpaired) electrons. The number of nitrogens with two attached hydrogens (primary N) is 1. The molecule has 0 unspecified atom stereocenters. The van der Waals surface area contributed by atoms with Gasteiger partial charge in [0, 0.05) is 38.3 Å². The minimum atomic E-state index is 0.173. The number of rotatable bonds is 6. The number of pyridine rings is 1. The Morgan fingerprint density at radius 2 is 2.40 bits per heavy atom. The van der Waals surface area contributed by atoms with E-state index in [-0.39, 0.29) is 5.78 Å². The molecule has 0 aromatic carbocycles. The quantitative estimate of drug-likeness (QED) is 0.713. The van der Waals surface area contributed by atoms with Crippen LogP contribution >= 0.6 is 0 Å². The summed E-state index contributed by atoms with van der Waals surface area (Å²) in [7, 11) is 1.63. The third-order valence-corrected chi connectivity index (χ3v) is 2.12. The Morgan fingerprint density at radius 1 is 1.60 bits per heavy atom. The topological polar surface area (TPSA) is 65.2 Å². The maximum absolute atomic E-state index is 11.5. The first-order valence-electron chi connectivity index (χ1n) is 4.94. The summed E-state index contributed by atoms with van der Waals surface area (Å²) in [5.74, 6) is 0.615. The molecule has 0 amide bonds. The monoisotopic (exact) mass is 208 g/mol. The summed E-state index contributed by atoms with van der Waals surface area (Å²) in [5, 5.41) is 0. The molecule has 0 fully saturated rings. The van der Waals surface area contributed by atoms with Gasteiger partial charge in [0.1, 0.15) is 11.6 Å². The second-order valence-electron chi connectivity index (χ2n) is 3.36. The molecule has 1 aromatic heterocycles. The van der Waals surface area contributed by atoms with E-state index in [0.717, 1.165) is 12.0 Å². The lowest BCUT2D eigenvalue weighted by Gasteiger charge is -2.03.